The minimum absolute atomic E-state index is 0.00425. The van der Waals surface area contributed by atoms with Crippen LogP contribution in [0, 0.1) is 17.0 Å². The Morgan fingerprint density at radius 1 is 1.45 bits per heavy atom. The molecule has 0 radical (unpaired) electrons. The van der Waals surface area contributed by atoms with E-state index in [1.165, 1.54) is 24.1 Å². The lowest BCUT2D eigenvalue weighted by atomic mass is 10.1. The van der Waals surface area contributed by atoms with Gasteiger partial charge in [-0.1, -0.05) is 0 Å². The van der Waals surface area contributed by atoms with Gasteiger partial charge in [-0.15, -0.1) is 0 Å². The standard InChI is InChI=1S/C12H15N3O5/c1-7-5-8(11(13)9(6-7)15(19)20)12(18)14(2)4-3-10(16)17/h5-6H,3-4,13H2,1-2H3,(H,16,17). The molecule has 0 spiro atoms. The van der Waals surface area contributed by atoms with Crippen LogP contribution in [-0.4, -0.2) is 40.4 Å². The van der Waals surface area contributed by atoms with E-state index in [-0.39, 0.29) is 29.9 Å². The number of nitro benzene ring substituents is 1. The first-order valence-corrected chi connectivity index (χ1v) is 5.75. The zero-order valence-corrected chi connectivity index (χ0v) is 11.1. The summed E-state index contributed by atoms with van der Waals surface area (Å²) >= 11 is 0. The molecule has 0 aliphatic carbocycles. The predicted octanol–water partition coefficient (Wildman–Crippen LogP) is 1.03. The number of carboxylic acid groups (broad SMARTS) is 1. The first-order valence-electron chi connectivity index (χ1n) is 5.75. The number of amides is 1. The Hall–Kier alpha value is -2.64. The smallest absolute Gasteiger partial charge is 0.305 e. The van der Waals surface area contributed by atoms with E-state index in [9.17, 15) is 19.7 Å². The Kier molecular flexibility index (Phi) is 4.63. The van der Waals surface area contributed by atoms with E-state index >= 15 is 0 Å². The number of nitrogen functional groups attached to an aromatic ring is 1. The maximum Gasteiger partial charge on any atom is 0.305 e. The molecule has 0 aliphatic heterocycles. The van der Waals surface area contributed by atoms with Crippen molar-refractivity contribution < 1.29 is 19.6 Å². The van der Waals surface area contributed by atoms with Crippen LogP contribution in [0.2, 0.25) is 0 Å². The van der Waals surface area contributed by atoms with Gasteiger partial charge < -0.3 is 15.7 Å². The lowest BCUT2D eigenvalue weighted by Crippen LogP contribution is -2.29. The number of hydrogen-bond donors (Lipinski definition) is 2. The number of hydrogen-bond acceptors (Lipinski definition) is 5. The number of nitrogens with two attached hydrogens (primary N) is 1. The van der Waals surface area contributed by atoms with Crippen molar-refractivity contribution in [2.24, 2.45) is 0 Å². The number of carbonyl (C=O) groups excluding carboxylic acids is 1. The second-order valence-electron chi connectivity index (χ2n) is 4.37. The van der Waals surface area contributed by atoms with Crippen LogP contribution in [0.3, 0.4) is 0 Å². The molecule has 0 aliphatic rings. The van der Waals surface area contributed by atoms with E-state index in [1.807, 2.05) is 0 Å². The SMILES string of the molecule is Cc1cc(C(=O)N(C)CCC(=O)O)c(N)c([N+](=O)[O-])c1. The summed E-state index contributed by atoms with van der Waals surface area (Å²) in [5.74, 6) is -1.58. The van der Waals surface area contributed by atoms with E-state index in [1.54, 1.807) is 6.92 Å². The molecule has 1 aromatic carbocycles. The molecule has 8 heteroatoms. The first kappa shape index (κ1) is 15.4. The fourth-order valence-electron chi connectivity index (χ4n) is 1.68. The maximum absolute atomic E-state index is 12.1. The minimum Gasteiger partial charge on any atom is -0.481 e. The highest BCUT2D eigenvalue weighted by atomic mass is 16.6. The van der Waals surface area contributed by atoms with Crippen molar-refractivity contribution in [3.63, 3.8) is 0 Å². The molecule has 0 saturated carbocycles. The highest BCUT2D eigenvalue weighted by Gasteiger charge is 2.22. The highest BCUT2D eigenvalue weighted by Crippen LogP contribution is 2.27. The van der Waals surface area contributed by atoms with Gasteiger partial charge in [0.1, 0.15) is 5.69 Å². The summed E-state index contributed by atoms with van der Waals surface area (Å²) < 4.78 is 0. The topological polar surface area (TPSA) is 127 Å². The zero-order chi connectivity index (χ0) is 15.4. The largest absolute Gasteiger partial charge is 0.481 e. The van der Waals surface area contributed by atoms with E-state index < -0.39 is 16.8 Å². The van der Waals surface area contributed by atoms with Gasteiger partial charge in [-0.25, -0.2) is 0 Å². The first-order chi connectivity index (χ1) is 9.23. The number of nitrogens with zero attached hydrogens (tertiary/aromatic N) is 2. The van der Waals surface area contributed by atoms with Crippen molar-refractivity contribution in [2.75, 3.05) is 19.3 Å². The van der Waals surface area contributed by atoms with E-state index in [0.29, 0.717) is 5.56 Å². The van der Waals surface area contributed by atoms with Crippen LogP contribution in [0.4, 0.5) is 11.4 Å². The van der Waals surface area contributed by atoms with Crippen molar-refractivity contribution in [3.05, 3.63) is 33.4 Å². The van der Waals surface area contributed by atoms with Crippen LogP contribution in [0.1, 0.15) is 22.3 Å². The molecule has 1 rings (SSSR count). The second-order valence-corrected chi connectivity index (χ2v) is 4.37. The third kappa shape index (κ3) is 3.44. The molecule has 0 saturated heterocycles. The molecule has 0 aromatic heterocycles. The van der Waals surface area contributed by atoms with Gasteiger partial charge >= 0.3 is 5.97 Å². The molecule has 3 N–H and O–H groups in total. The summed E-state index contributed by atoms with van der Waals surface area (Å²) in [6.07, 6.45) is -0.212. The fraction of sp³-hybridized carbons (Fsp3) is 0.333. The van der Waals surface area contributed by atoms with Crippen molar-refractivity contribution in [1.29, 1.82) is 0 Å². The number of carbonyl (C=O) groups is 2. The van der Waals surface area contributed by atoms with Crippen molar-refractivity contribution in [3.8, 4) is 0 Å². The predicted molar refractivity (Wildman–Crippen MR) is 71.5 cm³/mol. The molecule has 108 valence electrons. The number of aryl methyl sites for hydroxylation is 1. The molecule has 8 nitrogen and oxygen atoms in total. The zero-order valence-electron chi connectivity index (χ0n) is 11.1. The van der Waals surface area contributed by atoms with Gasteiger partial charge in [-0.2, -0.15) is 0 Å². The van der Waals surface area contributed by atoms with Crippen molar-refractivity contribution in [2.45, 2.75) is 13.3 Å². The molecule has 0 unspecified atom stereocenters. The molecule has 0 heterocycles. The minimum atomic E-state index is -1.03. The summed E-state index contributed by atoms with van der Waals surface area (Å²) in [6.45, 7) is 1.61. The monoisotopic (exact) mass is 281 g/mol. The number of carboxylic acids is 1. The van der Waals surface area contributed by atoms with Gasteiger partial charge in [0, 0.05) is 19.7 Å². The number of rotatable bonds is 5. The molecule has 1 aromatic rings. The lowest BCUT2D eigenvalue weighted by molar-refractivity contribution is -0.384. The summed E-state index contributed by atoms with van der Waals surface area (Å²) in [4.78, 5) is 34.0. The molecule has 0 fully saturated rings. The Balaban J connectivity index is 3.09. The Morgan fingerprint density at radius 2 is 2.05 bits per heavy atom. The van der Waals surface area contributed by atoms with Gasteiger partial charge in [-0.05, 0) is 18.6 Å². The van der Waals surface area contributed by atoms with Crippen LogP contribution < -0.4 is 5.73 Å². The normalized spacial score (nSPS) is 10.1. The molecular weight excluding hydrogens is 266 g/mol. The summed E-state index contributed by atoms with van der Waals surface area (Å²) in [7, 11) is 1.42. The molecular formula is C12H15N3O5. The summed E-state index contributed by atoms with van der Waals surface area (Å²) in [5, 5.41) is 19.4. The van der Waals surface area contributed by atoms with Crippen LogP contribution in [0.5, 0.6) is 0 Å². The average molecular weight is 281 g/mol. The van der Waals surface area contributed by atoms with Crippen molar-refractivity contribution in [1.82, 2.24) is 4.90 Å². The van der Waals surface area contributed by atoms with Gasteiger partial charge in [0.15, 0.2) is 0 Å². The second kappa shape index (κ2) is 6.00. The van der Waals surface area contributed by atoms with E-state index in [4.69, 9.17) is 10.8 Å². The number of aliphatic carboxylic acids is 1. The highest BCUT2D eigenvalue weighted by molar-refractivity contribution is 6.01. The van der Waals surface area contributed by atoms with Crippen molar-refractivity contribution >= 4 is 23.3 Å². The lowest BCUT2D eigenvalue weighted by Gasteiger charge is -2.17. The molecule has 1 amide bonds. The average Bonchev–Trinajstić information content (AvgIpc) is 2.36. The van der Waals surface area contributed by atoms with Crippen LogP contribution in [0.25, 0.3) is 0 Å². The fourth-order valence-corrected chi connectivity index (χ4v) is 1.68. The number of anilines is 1. The quantitative estimate of drug-likeness (QED) is 0.471. The summed E-state index contributed by atoms with van der Waals surface area (Å²) in [6, 6.07) is 2.73. The maximum atomic E-state index is 12.1. The van der Waals surface area contributed by atoms with E-state index in [0.717, 1.165) is 0 Å². The molecule has 20 heavy (non-hydrogen) atoms. The van der Waals surface area contributed by atoms with Crippen LogP contribution in [-0.2, 0) is 4.79 Å². The third-order valence-corrected chi connectivity index (χ3v) is 2.74. The Morgan fingerprint density at radius 3 is 2.55 bits per heavy atom. The van der Waals surface area contributed by atoms with Gasteiger partial charge in [0.25, 0.3) is 11.6 Å². The molecule has 0 bridgehead atoms. The van der Waals surface area contributed by atoms with Gasteiger partial charge in [0.2, 0.25) is 0 Å². The van der Waals surface area contributed by atoms with Gasteiger partial charge in [-0.3, -0.25) is 19.7 Å². The van der Waals surface area contributed by atoms with Crippen LogP contribution in [0.15, 0.2) is 12.1 Å². The van der Waals surface area contributed by atoms with Crippen LogP contribution >= 0.6 is 0 Å². The number of benzene rings is 1. The summed E-state index contributed by atoms with van der Waals surface area (Å²) in [5.41, 5.74) is 5.63. The van der Waals surface area contributed by atoms with E-state index in [2.05, 4.69) is 0 Å². The number of nitro groups is 1. The Labute approximate surface area is 114 Å². The molecule has 0 atom stereocenters. The van der Waals surface area contributed by atoms with Gasteiger partial charge in [0.05, 0.1) is 16.9 Å². The third-order valence-electron chi connectivity index (χ3n) is 2.74. The Bertz CT molecular complexity index is 570.